The van der Waals surface area contributed by atoms with Gasteiger partial charge in [-0.1, -0.05) is 23.8 Å². The van der Waals surface area contributed by atoms with Gasteiger partial charge in [0, 0.05) is 5.25 Å². The molecule has 2 aliphatic rings. The molecular weight excluding hydrogens is 152 g/mol. The Balaban J connectivity index is 2.09. The number of allylic oxidation sites excluding steroid dienone is 4. The summed E-state index contributed by atoms with van der Waals surface area (Å²) in [5.74, 6) is 0.900. The number of thioether (sulfide) groups is 1. The summed E-state index contributed by atoms with van der Waals surface area (Å²) in [6.07, 6.45) is 13.1. The van der Waals surface area contributed by atoms with Crippen LogP contribution in [0.2, 0.25) is 0 Å². The van der Waals surface area contributed by atoms with Gasteiger partial charge in [0.15, 0.2) is 0 Å². The highest BCUT2D eigenvalue weighted by molar-refractivity contribution is 7.99. The van der Waals surface area contributed by atoms with Crippen LogP contribution in [0.15, 0.2) is 23.8 Å². The van der Waals surface area contributed by atoms with E-state index in [4.69, 9.17) is 0 Å². The molecule has 0 N–H and O–H groups in total. The molecule has 2 atom stereocenters. The van der Waals surface area contributed by atoms with Gasteiger partial charge in [-0.25, -0.2) is 0 Å². The topological polar surface area (TPSA) is 0 Å². The number of hydrogen-bond acceptors (Lipinski definition) is 1. The van der Waals surface area contributed by atoms with Crippen molar-refractivity contribution in [1.82, 2.24) is 0 Å². The highest BCUT2D eigenvalue weighted by atomic mass is 32.2. The van der Waals surface area contributed by atoms with E-state index in [0.29, 0.717) is 0 Å². The molecular formula is C10H14S. The zero-order valence-corrected chi connectivity index (χ0v) is 7.73. The van der Waals surface area contributed by atoms with Gasteiger partial charge in [0.1, 0.15) is 0 Å². The van der Waals surface area contributed by atoms with E-state index in [9.17, 15) is 0 Å². The van der Waals surface area contributed by atoms with Crippen LogP contribution in [0.5, 0.6) is 0 Å². The predicted octanol–water partition coefficient (Wildman–Crippen LogP) is 3.01. The van der Waals surface area contributed by atoms with Crippen molar-refractivity contribution in [3.8, 4) is 0 Å². The van der Waals surface area contributed by atoms with E-state index in [-0.39, 0.29) is 0 Å². The minimum absolute atomic E-state index is 0.900. The molecule has 0 bridgehead atoms. The van der Waals surface area contributed by atoms with Crippen molar-refractivity contribution in [3.05, 3.63) is 23.8 Å². The van der Waals surface area contributed by atoms with Crippen molar-refractivity contribution in [1.29, 1.82) is 0 Å². The number of rotatable bonds is 1. The van der Waals surface area contributed by atoms with Crippen molar-refractivity contribution in [2.45, 2.75) is 24.5 Å². The summed E-state index contributed by atoms with van der Waals surface area (Å²) in [5, 5.41) is 0.908. The van der Waals surface area contributed by atoms with Crippen molar-refractivity contribution in [2.75, 3.05) is 6.26 Å². The van der Waals surface area contributed by atoms with E-state index >= 15 is 0 Å². The van der Waals surface area contributed by atoms with E-state index < -0.39 is 0 Å². The number of hydrogen-bond donors (Lipinski definition) is 0. The summed E-state index contributed by atoms with van der Waals surface area (Å²) >= 11 is 2.03. The summed E-state index contributed by atoms with van der Waals surface area (Å²) in [6.45, 7) is 0. The van der Waals surface area contributed by atoms with Crippen LogP contribution in [0.25, 0.3) is 0 Å². The maximum atomic E-state index is 2.32. The van der Waals surface area contributed by atoms with Gasteiger partial charge < -0.3 is 0 Å². The maximum absolute atomic E-state index is 2.32. The SMILES string of the molecule is CSC1CC2=CC=CCC2C1. The second kappa shape index (κ2) is 3.06. The van der Waals surface area contributed by atoms with E-state index in [1.807, 2.05) is 11.8 Å². The molecule has 0 spiro atoms. The molecule has 1 fully saturated rings. The van der Waals surface area contributed by atoms with Crippen LogP contribution in [0.4, 0.5) is 0 Å². The maximum Gasteiger partial charge on any atom is 0.00874 e. The minimum Gasteiger partial charge on any atom is -0.162 e. The van der Waals surface area contributed by atoms with Crippen molar-refractivity contribution in [3.63, 3.8) is 0 Å². The van der Waals surface area contributed by atoms with Crippen molar-refractivity contribution in [2.24, 2.45) is 5.92 Å². The first kappa shape index (κ1) is 7.48. The van der Waals surface area contributed by atoms with Gasteiger partial charge in [-0.15, -0.1) is 0 Å². The average Bonchev–Trinajstić information content (AvgIpc) is 2.46. The Morgan fingerprint density at radius 2 is 2.45 bits per heavy atom. The molecule has 1 heteroatoms. The summed E-state index contributed by atoms with van der Waals surface area (Å²) in [5.41, 5.74) is 1.70. The second-order valence-electron chi connectivity index (χ2n) is 3.40. The van der Waals surface area contributed by atoms with Crippen LogP contribution in [0, 0.1) is 5.92 Å². The molecule has 2 aliphatic carbocycles. The molecule has 0 nitrogen and oxygen atoms in total. The fourth-order valence-corrected chi connectivity index (χ4v) is 2.83. The Bertz CT molecular complexity index is 203. The fraction of sp³-hybridized carbons (Fsp3) is 0.600. The third kappa shape index (κ3) is 1.39. The smallest absolute Gasteiger partial charge is 0.00874 e. The highest BCUT2D eigenvalue weighted by Gasteiger charge is 2.28. The Morgan fingerprint density at radius 3 is 3.18 bits per heavy atom. The molecule has 2 unspecified atom stereocenters. The molecule has 0 radical (unpaired) electrons. The number of fused-ring (bicyclic) bond motifs is 1. The molecule has 1 saturated carbocycles. The van der Waals surface area contributed by atoms with E-state index in [1.165, 1.54) is 19.3 Å². The Labute approximate surface area is 72.8 Å². The zero-order valence-electron chi connectivity index (χ0n) is 6.92. The fourth-order valence-electron chi connectivity index (χ4n) is 2.05. The van der Waals surface area contributed by atoms with Gasteiger partial charge >= 0.3 is 0 Å². The van der Waals surface area contributed by atoms with E-state index in [0.717, 1.165) is 11.2 Å². The standard InChI is InChI=1S/C10H14S/c1-11-10-6-8-4-2-3-5-9(8)7-10/h2-4,9-10H,5-7H2,1H3. The minimum atomic E-state index is 0.900. The lowest BCUT2D eigenvalue weighted by Crippen LogP contribution is -1.98. The lowest BCUT2D eigenvalue weighted by Gasteiger charge is -2.11. The molecule has 0 aromatic heterocycles. The third-order valence-electron chi connectivity index (χ3n) is 2.74. The molecule has 0 heterocycles. The van der Waals surface area contributed by atoms with E-state index in [2.05, 4.69) is 24.5 Å². The van der Waals surface area contributed by atoms with Crippen LogP contribution >= 0.6 is 11.8 Å². The Morgan fingerprint density at radius 1 is 1.55 bits per heavy atom. The third-order valence-corrected chi connectivity index (χ3v) is 3.76. The molecule has 11 heavy (non-hydrogen) atoms. The molecule has 0 aliphatic heterocycles. The van der Waals surface area contributed by atoms with Crippen LogP contribution in [0.3, 0.4) is 0 Å². The van der Waals surface area contributed by atoms with Gasteiger partial charge in [0.25, 0.3) is 0 Å². The van der Waals surface area contributed by atoms with Gasteiger partial charge in [-0.3, -0.25) is 0 Å². The lowest BCUT2D eigenvalue weighted by molar-refractivity contribution is 0.638. The molecule has 60 valence electrons. The highest BCUT2D eigenvalue weighted by Crippen LogP contribution is 2.40. The van der Waals surface area contributed by atoms with Crippen LogP contribution in [-0.2, 0) is 0 Å². The monoisotopic (exact) mass is 166 g/mol. The molecule has 0 saturated heterocycles. The van der Waals surface area contributed by atoms with Gasteiger partial charge in [-0.05, 0) is 31.4 Å². The zero-order chi connectivity index (χ0) is 7.68. The largest absolute Gasteiger partial charge is 0.162 e. The first-order valence-electron chi connectivity index (χ1n) is 4.28. The first-order valence-corrected chi connectivity index (χ1v) is 5.57. The van der Waals surface area contributed by atoms with Crippen LogP contribution in [-0.4, -0.2) is 11.5 Å². The van der Waals surface area contributed by atoms with Gasteiger partial charge in [0.05, 0.1) is 0 Å². The average molecular weight is 166 g/mol. The van der Waals surface area contributed by atoms with Crippen LogP contribution in [0.1, 0.15) is 19.3 Å². The summed E-state index contributed by atoms with van der Waals surface area (Å²) < 4.78 is 0. The normalized spacial score (nSPS) is 35.2. The summed E-state index contributed by atoms with van der Waals surface area (Å²) in [6, 6.07) is 0. The van der Waals surface area contributed by atoms with Crippen molar-refractivity contribution >= 4 is 11.8 Å². The Hall–Kier alpha value is -0.170. The molecule has 0 aromatic rings. The quantitative estimate of drug-likeness (QED) is 0.577. The summed E-state index contributed by atoms with van der Waals surface area (Å²) in [4.78, 5) is 0. The predicted molar refractivity (Wildman–Crippen MR) is 51.9 cm³/mol. The Kier molecular flexibility index (Phi) is 2.08. The van der Waals surface area contributed by atoms with Crippen LogP contribution < -0.4 is 0 Å². The van der Waals surface area contributed by atoms with Gasteiger partial charge in [0.2, 0.25) is 0 Å². The molecule has 0 amide bonds. The molecule has 0 aromatic carbocycles. The first-order chi connectivity index (χ1) is 5.40. The molecule has 2 rings (SSSR count). The van der Waals surface area contributed by atoms with Gasteiger partial charge in [-0.2, -0.15) is 11.8 Å². The van der Waals surface area contributed by atoms with E-state index in [1.54, 1.807) is 5.57 Å². The summed E-state index contributed by atoms with van der Waals surface area (Å²) in [7, 11) is 0. The van der Waals surface area contributed by atoms with Crippen molar-refractivity contribution < 1.29 is 0 Å². The lowest BCUT2D eigenvalue weighted by atomic mass is 9.95. The second-order valence-corrected chi connectivity index (χ2v) is 4.54.